The Morgan fingerprint density at radius 3 is 2.60 bits per heavy atom. The summed E-state index contributed by atoms with van der Waals surface area (Å²) in [5.74, 6) is 0. The highest BCUT2D eigenvalue weighted by molar-refractivity contribution is 5.25. The van der Waals surface area contributed by atoms with Crippen LogP contribution in [-0.2, 0) is 0 Å². The zero-order chi connectivity index (χ0) is 7.23. The van der Waals surface area contributed by atoms with Gasteiger partial charge >= 0.3 is 0 Å². The number of hydrogen-bond acceptors (Lipinski definition) is 1. The molecule has 1 nitrogen and oxygen atoms in total. The molecule has 0 radical (unpaired) electrons. The van der Waals surface area contributed by atoms with Crippen LogP contribution in [0.3, 0.4) is 0 Å². The molecule has 10 heavy (non-hydrogen) atoms. The average Bonchev–Trinajstić information content (AvgIpc) is 2.71. The van der Waals surface area contributed by atoms with Gasteiger partial charge < -0.3 is 0 Å². The normalized spacial score (nSPS) is 16.1. The second-order valence-electron chi connectivity index (χ2n) is 2.20. The molecule has 0 heterocycles. The maximum absolute atomic E-state index is 8.10. The number of hydrogen-bond donors (Lipinski definition) is 0. The van der Waals surface area contributed by atoms with E-state index in [0.717, 1.165) is 0 Å². The molecule has 0 amide bonds. The van der Waals surface area contributed by atoms with E-state index >= 15 is 0 Å². The van der Waals surface area contributed by atoms with E-state index in [1.54, 1.807) is 6.08 Å². The van der Waals surface area contributed by atoms with Gasteiger partial charge in [0.05, 0.1) is 6.07 Å². The molecule has 1 heteroatoms. The van der Waals surface area contributed by atoms with Crippen molar-refractivity contribution < 1.29 is 0 Å². The van der Waals surface area contributed by atoms with E-state index in [4.69, 9.17) is 5.26 Å². The lowest BCUT2D eigenvalue weighted by Crippen LogP contribution is -1.49. The standard InChI is InChI=1S/C9H9N/c10-8-4-2-1-3-5-9-6-7-9/h1-5H,6-7H2. The summed E-state index contributed by atoms with van der Waals surface area (Å²) in [6, 6.07) is 1.92. The van der Waals surface area contributed by atoms with Gasteiger partial charge in [-0.25, -0.2) is 0 Å². The maximum atomic E-state index is 8.10. The van der Waals surface area contributed by atoms with Crippen LogP contribution in [0.2, 0.25) is 0 Å². The van der Waals surface area contributed by atoms with Crippen molar-refractivity contribution >= 4 is 0 Å². The molecular formula is C9H9N. The Labute approximate surface area is 61.0 Å². The van der Waals surface area contributed by atoms with E-state index < -0.39 is 0 Å². The zero-order valence-corrected chi connectivity index (χ0v) is 5.75. The molecule has 1 rings (SSSR count). The van der Waals surface area contributed by atoms with E-state index in [1.807, 2.05) is 18.2 Å². The summed E-state index contributed by atoms with van der Waals surface area (Å²) < 4.78 is 0. The van der Waals surface area contributed by atoms with Crippen molar-refractivity contribution in [2.75, 3.05) is 0 Å². The fourth-order valence-corrected chi connectivity index (χ4v) is 0.593. The number of rotatable bonds is 2. The maximum Gasteiger partial charge on any atom is 0.0912 e. The molecule has 0 aromatic carbocycles. The summed E-state index contributed by atoms with van der Waals surface area (Å²) in [7, 11) is 0. The van der Waals surface area contributed by atoms with Gasteiger partial charge in [0, 0.05) is 6.08 Å². The van der Waals surface area contributed by atoms with E-state index in [2.05, 4.69) is 6.08 Å². The summed E-state index contributed by atoms with van der Waals surface area (Å²) in [6.45, 7) is 0. The third-order valence-corrected chi connectivity index (χ3v) is 1.26. The minimum Gasteiger partial charge on any atom is -0.193 e. The number of nitriles is 1. The molecule has 0 aliphatic heterocycles. The van der Waals surface area contributed by atoms with Gasteiger partial charge in [0.15, 0.2) is 0 Å². The smallest absolute Gasteiger partial charge is 0.0912 e. The molecule has 0 spiro atoms. The fraction of sp³-hybridized carbons (Fsp3) is 0.222. The number of allylic oxidation sites excluding steroid dienone is 6. The van der Waals surface area contributed by atoms with Crippen LogP contribution in [0, 0.1) is 11.3 Å². The molecular weight excluding hydrogens is 122 g/mol. The van der Waals surface area contributed by atoms with Gasteiger partial charge in [0.1, 0.15) is 0 Å². The van der Waals surface area contributed by atoms with Crippen LogP contribution in [0.25, 0.3) is 0 Å². The predicted octanol–water partition coefficient (Wildman–Crippen LogP) is 2.34. The highest BCUT2D eigenvalue weighted by Gasteiger charge is 2.07. The van der Waals surface area contributed by atoms with Gasteiger partial charge in [-0.3, -0.25) is 0 Å². The van der Waals surface area contributed by atoms with Gasteiger partial charge in [-0.15, -0.1) is 0 Å². The largest absolute Gasteiger partial charge is 0.193 e. The van der Waals surface area contributed by atoms with E-state index in [0.29, 0.717) is 0 Å². The predicted molar refractivity (Wildman–Crippen MR) is 41.2 cm³/mol. The third kappa shape index (κ3) is 2.88. The molecule has 0 saturated heterocycles. The summed E-state index contributed by atoms with van der Waals surface area (Å²) in [4.78, 5) is 0. The minimum atomic E-state index is 1.26. The molecule has 0 aromatic rings. The van der Waals surface area contributed by atoms with Gasteiger partial charge in [0.2, 0.25) is 0 Å². The first-order valence-corrected chi connectivity index (χ1v) is 3.34. The monoisotopic (exact) mass is 131 g/mol. The van der Waals surface area contributed by atoms with Crippen molar-refractivity contribution in [3.8, 4) is 6.07 Å². The highest BCUT2D eigenvalue weighted by Crippen LogP contribution is 2.27. The van der Waals surface area contributed by atoms with Crippen molar-refractivity contribution in [3.63, 3.8) is 0 Å². The lowest BCUT2D eigenvalue weighted by atomic mass is 10.4. The topological polar surface area (TPSA) is 23.8 Å². The van der Waals surface area contributed by atoms with Crippen LogP contribution in [-0.4, -0.2) is 0 Å². The van der Waals surface area contributed by atoms with Crippen molar-refractivity contribution in [3.05, 3.63) is 36.0 Å². The zero-order valence-electron chi connectivity index (χ0n) is 5.75. The summed E-state index contributed by atoms with van der Waals surface area (Å²) in [5, 5.41) is 8.10. The van der Waals surface area contributed by atoms with Gasteiger partial charge in [0.25, 0.3) is 0 Å². The van der Waals surface area contributed by atoms with E-state index in [-0.39, 0.29) is 0 Å². The Morgan fingerprint density at radius 2 is 2.00 bits per heavy atom. The van der Waals surface area contributed by atoms with Crippen molar-refractivity contribution in [1.82, 2.24) is 0 Å². The Hall–Kier alpha value is -1.29. The SMILES string of the molecule is N#CC=CC=CC=C1CC1. The second-order valence-corrected chi connectivity index (χ2v) is 2.20. The van der Waals surface area contributed by atoms with Crippen LogP contribution < -0.4 is 0 Å². The van der Waals surface area contributed by atoms with Gasteiger partial charge in [-0.05, 0) is 12.8 Å². The van der Waals surface area contributed by atoms with Crippen LogP contribution in [0.15, 0.2) is 36.0 Å². The molecule has 1 saturated carbocycles. The molecule has 1 fully saturated rings. The third-order valence-electron chi connectivity index (χ3n) is 1.26. The lowest BCUT2D eigenvalue weighted by Gasteiger charge is -1.68. The highest BCUT2D eigenvalue weighted by atomic mass is 14.2. The Morgan fingerprint density at radius 1 is 1.20 bits per heavy atom. The molecule has 1 aliphatic rings. The molecule has 0 N–H and O–H groups in total. The van der Waals surface area contributed by atoms with Crippen molar-refractivity contribution in [1.29, 1.82) is 5.26 Å². The minimum absolute atomic E-state index is 1.26. The quantitative estimate of drug-likeness (QED) is 0.417. The Balaban J connectivity index is 2.24. The Kier molecular flexibility index (Phi) is 2.51. The number of nitrogens with zero attached hydrogens (tertiary/aromatic N) is 1. The van der Waals surface area contributed by atoms with Gasteiger partial charge in [-0.1, -0.05) is 29.9 Å². The van der Waals surface area contributed by atoms with Crippen LogP contribution >= 0.6 is 0 Å². The average molecular weight is 131 g/mol. The molecule has 0 atom stereocenters. The van der Waals surface area contributed by atoms with E-state index in [1.165, 1.54) is 24.5 Å². The molecule has 1 aliphatic carbocycles. The summed E-state index contributed by atoms with van der Waals surface area (Å²) >= 11 is 0. The fourth-order valence-electron chi connectivity index (χ4n) is 0.593. The van der Waals surface area contributed by atoms with Gasteiger partial charge in [-0.2, -0.15) is 5.26 Å². The van der Waals surface area contributed by atoms with Crippen LogP contribution in [0.5, 0.6) is 0 Å². The van der Waals surface area contributed by atoms with Crippen molar-refractivity contribution in [2.45, 2.75) is 12.8 Å². The Bertz CT molecular complexity index is 220. The molecule has 0 unspecified atom stereocenters. The van der Waals surface area contributed by atoms with Crippen LogP contribution in [0.1, 0.15) is 12.8 Å². The first-order chi connectivity index (χ1) is 4.93. The lowest BCUT2D eigenvalue weighted by molar-refractivity contribution is 1.50. The summed E-state index contributed by atoms with van der Waals surface area (Å²) in [6.07, 6.45) is 11.6. The van der Waals surface area contributed by atoms with Crippen LogP contribution in [0.4, 0.5) is 0 Å². The summed E-state index contributed by atoms with van der Waals surface area (Å²) in [5.41, 5.74) is 1.50. The second kappa shape index (κ2) is 3.68. The first kappa shape index (κ1) is 6.82. The van der Waals surface area contributed by atoms with Crippen molar-refractivity contribution in [2.24, 2.45) is 0 Å². The van der Waals surface area contributed by atoms with E-state index in [9.17, 15) is 0 Å². The molecule has 0 aromatic heterocycles. The first-order valence-electron chi connectivity index (χ1n) is 3.34. The molecule has 50 valence electrons. The molecule has 0 bridgehead atoms.